The van der Waals surface area contributed by atoms with Gasteiger partial charge in [0.25, 0.3) is 0 Å². The van der Waals surface area contributed by atoms with E-state index < -0.39 is 0 Å². The maximum Gasteiger partial charge on any atom is 0.225 e. The zero-order valence-electron chi connectivity index (χ0n) is 6.73. The molecule has 0 bridgehead atoms. The van der Waals surface area contributed by atoms with Crippen LogP contribution in [-0.2, 0) is 11.3 Å². The Bertz CT molecular complexity index is 268. The van der Waals surface area contributed by atoms with Gasteiger partial charge in [-0.05, 0) is 12.5 Å². The molecule has 1 fully saturated rings. The van der Waals surface area contributed by atoms with E-state index in [9.17, 15) is 4.79 Å². The van der Waals surface area contributed by atoms with E-state index in [2.05, 4.69) is 10.4 Å². The van der Waals surface area contributed by atoms with E-state index in [0.29, 0.717) is 6.54 Å². The van der Waals surface area contributed by atoms with Gasteiger partial charge in [-0.1, -0.05) is 0 Å². The Hall–Kier alpha value is -1.32. The molecule has 1 aliphatic rings. The highest BCUT2D eigenvalue weighted by Crippen LogP contribution is 2.10. The van der Waals surface area contributed by atoms with Crippen LogP contribution >= 0.6 is 0 Å². The van der Waals surface area contributed by atoms with Gasteiger partial charge in [-0.15, -0.1) is 0 Å². The fraction of sp³-hybridized carbons (Fsp3) is 0.500. The maximum atomic E-state index is 11.1. The van der Waals surface area contributed by atoms with Gasteiger partial charge in [0.1, 0.15) is 0 Å². The summed E-state index contributed by atoms with van der Waals surface area (Å²) in [6.45, 7) is 1.52. The highest BCUT2D eigenvalue weighted by Gasteiger charge is 2.24. The van der Waals surface area contributed by atoms with Crippen molar-refractivity contribution in [3.05, 3.63) is 18.5 Å². The number of rotatable bonds is 2. The molecule has 4 nitrogen and oxygen atoms in total. The van der Waals surface area contributed by atoms with Crippen LogP contribution in [0.15, 0.2) is 18.5 Å². The summed E-state index contributed by atoms with van der Waals surface area (Å²) in [5.74, 6) is 0.274. The smallest absolute Gasteiger partial charge is 0.225 e. The quantitative estimate of drug-likeness (QED) is 0.671. The molecule has 1 saturated heterocycles. The first-order chi connectivity index (χ1) is 5.86. The van der Waals surface area contributed by atoms with Gasteiger partial charge in [0.15, 0.2) is 0 Å². The Kier molecular flexibility index (Phi) is 1.81. The minimum absolute atomic E-state index is 0.116. The summed E-state index contributed by atoms with van der Waals surface area (Å²) in [6.07, 6.45) is 4.54. The SMILES string of the molecule is O=C1NCCC1Cn1cccn1. The van der Waals surface area contributed by atoms with Crippen molar-refractivity contribution in [1.82, 2.24) is 15.1 Å². The highest BCUT2D eigenvalue weighted by molar-refractivity contribution is 5.80. The molecule has 0 radical (unpaired) electrons. The van der Waals surface area contributed by atoms with Gasteiger partial charge in [-0.2, -0.15) is 5.10 Å². The predicted molar refractivity (Wildman–Crippen MR) is 43.3 cm³/mol. The number of carbonyl (C=O) groups is 1. The molecule has 1 atom stereocenters. The minimum atomic E-state index is 0.116. The third-order valence-corrected chi connectivity index (χ3v) is 2.13. The zero-order chi connectivity index (χ0) is 8.39. The Morgan fingerprint density at radius 1 is 1.75 bits per heavy atom. The van der Waals surface area contributed by atoms with Gasteiger partial charge in [0.05, 0.1) is 12.5 Å². The fourth-order valence-electron chi connectivity index (χ4n) is 1.45. The summed E-state index contributed by atoms with van der Waals surface area (Å²) in [7, 11) is 0. The zero-order valence-corrected chi connectivity index (χ0v) is 6.73. The van der Waals surface area contributed by atoms with Crippen molar-refractivity contribution in [2.24, 2.45) is 5.92 Å². The molecular formula is C8H11N3O. The van der Waals surface area contributed by atoms with Crippen molar-refractivity contribution in [1.29, 1.82) is 0 Å². The van der Waals surface area contributed by atoms with E-state index >= 15 is 0 Å². The van der Waals surface area contributed by atoms with Crippen LogP contribution < -0.4 is 5.32 Å². The molecule has 64 valence electrons. The number of nitrogens with zero attached hydrogens (tertiary/aromatic N) is 2. The molecule has 2 heterocycles. The van der Waals surface area contributed by atoms with Crippen LogP contribution in [0.4, 0.5) is 0 Å². The van der Waals surface area contributed by atoms with E-state index in [1.165, 1.54) is 0 Å². The summed E-state index contributed by atoms with van der Waals surface area (Å²) >= 11 is 0. The lowest BCUT2D eigenvalue weighted by Crippen LogP contribution is -2.22. The second-order valence-electron chi connectivity index (χ2n) is 3.00. The van der Waals surface area contributed by atoms with E-state index in [1.807, 2.05) is 12.3 Å². The van der Waals surface area contributed by atoms with Crippen LogP contribution in [0.1, 0.15) is 6.42 Å². The third kappa shape index (κ3) is 1.32. The lowest BCUT2D eigenvalue weighted by atomic mass is 10.1. The fourth-order valence-corrected chi connectivity index (χ4v) is 1.45. The van der Waals surface area contributed by atoms with Crippen molar-refractivity contribution in [2.45, 2.75) is 13.0 Å². The van der Waals surface area contributed by atoms with E-state index in [-0.39, 0.29) is 11.8 Å². The highest BCUT2D eigenvalue weighted by atomic mass is 16.2. The number of aromatic nitrogens is 2. The monoisotopic (exact) mass is 165 g/mol. The second kappa shape index (κ2) is 2.97. The van der Waals surface area contributed by atoms with Crippen molar-refractivity contribution in [3.8, 4) is 0 Å². The molecule has 1 unspecified atom stereocenters. The Balaban J connectivity index is 1.99. The molecule has 0 spiro atoms. The van der Waals surface area contributed by atoms with Gasteiger partial charge >= 0.3 is 0 Å². The van der Waals surface area contributed by atoms with Crippen molar-refractivity contribution in [3.63, 3.8) is 0 Å². The molecule has 2 rings (SSSR count). The first-order valence-electron chi connectivity index (χ1n) is 4.11. The van der Waals surface area contributed by atoms with Crippen molar-refractivity contribution in [2.75, 3.05) is 6.54 Å². The molecule has 4 heteroatoms. The molecule has 12 heavy (non-hydrogen) atoms. The number of hydrogen-bond acceptors (Lipinski definition) is 2. The second-order valence-corrected chi connectivity index (χ2v) is 3.00. The summed E-state index contributed by atoms with van der Waals surface area (Å²) in [6, 6.07) is 1.87. The average Bonchev–Trinajstić information content (AvgIpc) is 2.65. The van der Waals surface area contributed by atoms with Crippen LogP contribution in [0.3, 0.4) is 0 Å². The first-order valence-corrected chi connectivity index (χ1v) is 4.11. The van der Waals surface area contributed by atoms with Crippen LogP contribution in [0.5, 0.6) is 0 Å². The van der Waals surface area contributed by atoms with Crippen LogP contribution in [0, 0.1) is 5.92 Å². The molecule has 0 aromatic carbocycles. The predicted octanol–water partition coefficient (Wildman–Crippen LogP) is 0.0192. The minimum Gasteiger partial charge on any atom is -0.356 e. The maximum absolute atomic E-state index is 11.1. The van der Waals surface area contributed by atoms with Crippen LogP contribution in [0.25, 0.3) is 0 Å². The van der Waals surface area contributed by atoms with E-state index in [1.54, 1.807) is 10.9 Å². The van der Waals surface area contributed by atoms with Crippen molar-refractivity contribution < 1.29 is 4.79 Å². The average molecular weight is 165 g/mol. The molecule has 0 aliphatic carbocycles. The van der Waals surface area contributed by atoms with Gasteiger partial charge < -0.3 is 5.32 Å². The largest absolute Gasteiger partial charge is 0.356 e. The molecule has 1 amide bonds. The normalized spacial score (nSPS) is 22.7. The Labute approximate surface area is 70.6 Å². The number of carbonyl (C=O) groups excluding carboxylic acids is 1. The number of nitrogens with one attached hydrogen (secondary N) is 1. The van der Waals surface area contributed by atoms with E-state index in [0.717, 1.165) is 13.0 Å². The molecule has 1 aromatic heterocycles. The van der Waals surface area contributed by atoms with Gasteiger partial charge in [-0.25, -0.2) is 0 Å². The summed E-state index contributed by atoms with van der Waals surface area (Å²) in [5.41, 5.74) is 0. The number of amides is 1. The molecule has 1 N–H and O–H groups in total. The summed E-state index contributed by atoms with van der Waals surface area (Å²) < 4.78 is 1.80. The lowest BCUT2D eigenvalue weighted by molar-refractivity contribution is -0.122. The van der Waals surface area contributed by atoms with Gasteiger partial charge in [-0.3, -0.25) is 9.48 Å². The van der Waals surface area contributed by atoms with Crippen molar-refractivity contribution >= 4 is 5.91 Å². The van der Waals surface area contributed by atoms with Crippen LogP contribution in [-0.4, -0.2) is 22.2 Å². The molecule has 1 aliphatic heterocycles. The topological polar surface area (TPSA) is 46.9 Å². The van der Waals surface area contributed by atoms with Gasteiger partial charge in [0, 0.05) is 18.9 Å². The van der Waals surface area contributed by atoms with E-state index in [4.69, 9.17) is 0 Å². The lowest BCUT2D eigenvalue weighted by Gasteiger charge is -2.05. The Morgan fingerprint density at radius 2 is 2.67 bits per heavy atom. The van der Waals surface area contributed by atoms with Crippen LogP contribution in [0.2, 0.25) is 0 Å². The molecule has 1 aromatic rings. The third-order valence-electron chi connectivity index (χ3n) is 2.13. The standard InChI is InChI=1S/C8H11N3O/c12-8-7(2-4-9-8)6-11-5-1-3-10-11/h1,3,5,7H,2,4,6H2,(H,9,12). The molecular weight excluding hydrogens is 154 g/mol. The molecule has 0 saturated carbocycles. The van der Waals surface area contributed by atoms with Gasteiger partial charge in [0.2, 0.25) is 5.91 Å². The Morgan fingerprint density at radius 3 is 3.25 bits per heavy atom. The number of hydrogen-bond donors (Lipinski definition) is 1. The first kappa shape index (κ1) is 7.34. The summed E-state index contributed by atoms with van der Waals surface area (Å²) in [5, 5.41) is 6.85. The summed E-state index contributed by atoms with van der Waals surface area (Å²) in [4.78, 5) is 11.1.